The molecular formula is C13H17ClFN. The van der Waals surface area contributed by atoms with Crippen LogP contribution in [-0.2, 0) is 0 Å². The smallest absolute Gasteiger partial charge is 0.129 e. The van der Waals surface area contributed by atoms with Crippen LogP contribution in [-0.4, -0.2) is 7.05 Å². The number of nitrogens with one attached hydrogen (secondary N) is 1. The first-order chi connectivity index (χ1) is 7.60. The molecular weight excluding hydrogens is 225 g/mol. The lowest BCUT2D eigenvalue weighted by Crippen LogP contribution is -2.18. The van der Waals surface area contributed by atoms with Gasteiger partial charge in [0.25, 0.3) is 0 Å². The van der Waals surface area contributed by atoms with Crippen LogP contribution in [0.15, 0.2) is 30.4 Å². The van der Waals surface area contributed by atoms with Crippen molar-refractivity contribution in [3.63, 3.8) is 0 Å². The van der Waals surface area contributed by atoms with E-state index in [1.165, 1.54) is 6.07 Å². The quantitative estimate of drug-likeness (QED) is 0.766. The van der Waals surface area contributed by atoms with Gasteiger partial charge in [-0.05, 0) is 32.0 Å². The highest BCUT2D eigenvalue weighted by Crippen LogP contribution is 2.29. The van der Waals surface area contributed by atoms with Crippen LogP contribution < -0.4 is 5.32 Å². The Labute approximate surface area is 101 Å². The minimum absolute atomic E-state index is 0.110. The van der Waals surface area contributed by atoms with Gasteiger partial charge in [-0.3, -0.25) is 0 Å². The maximum absolute atomic E-state index is 13.7. The van der Waals surface area contributed by atoms with E-state index in [9.17, 15) is 4.39 Å². The van der Waals surface area contributed by atoms with Gasteiger partial charge in [0.2, 0.25) is 0 Å². The summed E-state index contributed by atoms with van der Waals surface area (Å²) in [5.41, 5.74) is 1.61. The van der Waals surface area contributed by atoms with Gasteiger partial charge in [-0.25, -0.2) is 4.39 Å². The number of benzene rings is 1. The molecule has 0 spiro atoms. The van der Waals surface area contributed by atoms with Gasteiger partial charge in [0.1, 0.15) is 5.82 Å². The van der Waals surface area contributed by atoms with Crippen LogP contribution >= 0.6 is 11.6 Å². The van der Waals surface area contributed by atoms with Crippen molar-refractivity contribution in [2.75, 3.05) is 7.05 Å². The van der Waals surface area contributed by atoms with Crippen molar-refractivity contribution in [3.05, 3.63) is 46.8 Å². The minimum Gasteiger partial charge on any atom is -0.313 e. The Balaban J connectivity index is 2.99. The second kappa shape index (κ2) is 6.02. The molecule has 16 heavy (non-hydrogen) atoms. The molecule has 0 aliphatic heterocycles. The summed E-state index contributed by atoms with van der Waals surface area (Å²) >= 11 is 6.02. The van der Waals surface area contributed by atoms with Gasteiger partial charge in [-0.1, -0.05) is 36.7 Å². The third-order valence-corrected chi connectivity index (χ3v) is 3.02. The van der Waals surface area contributed by atoms with Gasteiger partial charge < -0.3 is 5.32 Å². The van der Waals surface area contributed by atoms with Crippen LogP contribution in [0.25, 0.3) is 0 Å². The van der Waals surface area contributed by atoms with Gasteiger partial charge >= 0.3 is 0 Å². The van der Waals surface area contributed by atoms with Crippen molar-refractivity contribution in [2.24, 2.45) is 0 Å². The molecule has 0 aliphatic carbocycles. The first kappa shape index (κ1) is 13.2. The highest BCUT2D eigenvalue weighted by atomic mass is 35.5. The van der Waals surface area contributed by atoms with E-state index in [2.05, 4.69) is 11.9 Å². The molecule has 1 aromatic carbocycles. The molecule has 1 atom stereocenters. The van der Waals surface area contributed by atoms with Crippen LogP contribution in [0.4, 0.5) is 4.39 Å². The average Bonchev–Trinajstić information content (AvgIpc) is 2.27. The summed E-state index contributed by atoms with van der Waals surface area (Å²) in [7, 11) is 1.80. The Hall–Kier alpha value is -0.860. The number of halogens is 2. The van der Waals surface area contributed by atoms with E-state index in [1.54, 1.807) is 19.2 Å². The predicted octanol–water partition coefficient (Wildman–Crippen LogP) is 4.10. The SMILES string of the molecule is C=C(CC)CC(NC)c1c(F)cccc1Cl. The van der Waals surface area contributed by atoms with Crippen LogP contribution in [0.5, 0.6) is 0 Å². The van der Waals surface area contributed by atoms with Crippen LogP contribution in [0.1, 0.15) is 31.4 Å². The maximum Gasteiger partial charge on any atom is 0.129 e. The van der Waals surface area contributed by atoms with Crippen LogP contribution in [0.3, 0.4) is 0 Å². The molecule has 0 bridgehead atoms. The molecule has 88 valence electrons. The summed E-state index contributed by atoms with van der Waals surface area (Å²) in [6.07, 6.45) is 1.60. The molecule has 1 N–H and O–H groups in total. The van der Waals surface area contributed by atoms with E-state index in [0.717, 1.165) is 12.0 Å². The lowest BCUT2D eigenvalue weighted by molar-refractivity contribution is 0.530. The average molecular weight is 242 g/mol. The summed E-state index contributed by atoms with van der Waals surface area (Å²) in [4.78, 5) is 0. The third-order valence-electron chi connectivity index (χ3n) is 2.69. The fourth-order valence-electron chi connectivity index (χ4n) is 1.63. The molecule has 0 radical (unpaired) electrons. The largest absolute Gasteiger partial charge is 0.313 e. The van der Waals surface area contributed by atoms with E-state index in [4.69, 9.17) is 11.6 Å². The normalized spacial score (nSPS) is 12.5. The number of hydrogen-bond donors (Lipinski definition) is 1. The molecule has 0 amide bonds. The Kier molecular flexibility index (Phi) is 4.97. The Bertz CT molecular complexity index is 356. The van der Waals surface area contributed by atoms with Gasteiger partial charge in [-0.2, -0.15) is 0 Å². The van der Waals surface area contributed by atoms with Crippen molar-refractivity contribution >= 4 is 11.6 Å². The Morgan fingerprint density at radius 3 is 2.75 bits per heavy atom. The van der Waals surface area contributed by atoms with Crippen LogP contribution in [0.2, 0.25) is 5.02 Å². The zero-order valence-corrected chi connectivity index (χ0v) is 10.4. The van der Waals surface area contributed by atoms with Gasteiger partial charge in [-0.15, -0.1) is 0 Å². The lowest BCUT2D eigenvalue weighted by Gasteiger charge is -2.19. The summed E-state index contributed by atoms with van der Waals surface area (Å²) in [5, 5.41) is 3.54. The molecule has 1 nitrogen and oxygen atoms in total. The van der Waals surface area contributed by atoms with Crippen LogP contribution in [0, 0.1) is 5.82 Å². The van der Waals surface area contributed by atoms with Crippen molar-refractivity contribution < 1.29 is 4.39 Å². The molecule has 3 heteroatoms. The minimum atomic E-state index is -0.268. The van der Waals surface area contributed by atoms with Crippen molar-refractivity contribution in [1.29, 1.82) is 0 Å². The number of hydrogen-bond acceptors (Lipinski definition) is 1. The molecule has 0 fully saturated rings. The second-order valence-corrected chi connectivity index (χ2v) is 4.19. The highest BCUT2D eigenvalue weighted by Gasteiger charge is 2.17. The van der Waals surface area contributed by atoms with Gasteiger partial charge in [0, 0.05) is 16.6 Å². The van der Waals surface area contributed by atoms with E-state index in [-0.39, 0.29) is 11.9 Å². The summed E-state index contributed by atoms with van der Waals surface area (Å²) in [6, 6.07) is 4.64. The first-order valence-electron chi connectivity index (χ1n) is 5.38. The molecule has 1 unspecified atom stereocenters. The number of rotatable bonds is 5. The van der Waals surface area contributed by atoms with E-state index in [0.29, 0.717) is 17.0 Å². The molecule has 0 aliphatic rings. The highest BCUT2D eigenvalue weighted by molar-refractivity contribution is 6.31. The summed E-state index contributed by atoms with van der Waals surface area (Å²) < 4.78 is 13.7. The van der Waals surface area contributed by atoms with E-state index < -0.39 is 0 Å². The van der Waals surface area contributed by atoms with E-state index >= 15 is 0 Å². The fourth-order valence-corrected chi connectivity index (χ4v) is 1.92. The summed E-state index contributed by atoms with van der Waals surface area (Å²) in [5.74, 6) is -0.268. The Morgan fingerprint density at radius 1 is 1.56 bits per heavy atom. The molecule has 0 saturated heterocycles. The third kappa shape index (κ3) is 3.06. The summed E-state index contributed by atoms with van der Waals surface area (Å²) in [6.45, 7) is 5.98. The molecule has 1 rings (SSSR count). The fraction of sp³-hybridized carbons (Fsp3) is 0.385. The monoisotopic (exact) mass is 241 g/mol. The van der Waals surface area contributed by atoms with Gasteiger partial charge in [0.05, 0.1) is 0 Å². The standard InChI is InChI=1S/C13H17ClFN/c1-4-9(2)8-12(16-3)13-10(14)6-5-7-11(13)15/h5-7,12,16H,2,4,8H2,1,3H3. The first-order valence-corrected chi connectivity index (χ1v) is 5.75. The second-order valence-electron chi connectivity index (χ2n) is 3.78. The lowest BCUT2D eigenvalue weighted by atomic mass is 9.98. The maximum atomic E-state index is 13.7. The van der Waals surface area contributed by atoms with Crippen molar-refractivity contribution in [3.8, 4) is 0 Å². The molecule has 0 heterocycles. The van der Waals surface area contributed by atoms with Crippen molar-refractivity contribution in [2.45, 2.75) is 25.8 Å². The molecule has 0 aromatic heterocycles. The van der Waals surface area contributed by atoms with Gasteiger partial charge in [0.15, 0.2) is 0 Å². The zero-order valence-electron chi connectivity index (χ0n) is 9.69. The molecule has 0 saturated carbocycles. The predicted molar refractivity (Wildman–Crippen MR) is 67.3 cm³/mol. The van der Waals surface area contributed by atoms with Crippen molar-refractivity contribution in [1.82, 2.24) is 5.32 Å². The van der Waals surface area contributed by atoms with E-state index in [1.807, 2.05) is 6.92 Å². The topological polar surface area (TPSA) is 12.0 Å². The molecule has 1 aromatic rings. The Morgan fingerprint density at radius 2 is 2.25 bits per heavy atom. The zero-order chi connectivity index (χ0) is 12.1.